The number of benzene rings is 1. The molecule has 1 unspecified atom stereocenters. The Morgan fingerprint density at radius 1 is 1.48 bits per heavy atom. The molecule has 0 spiro atoms. The smallest absolute Gasteiger partial charge is 0.245 e. The van der Waals surface area contributed by atoms with Gasteiger partial charge in [0, 0.05) is 18.3 Å². The number of nitrogen functional groups attached to an aromatic ring is 1. The van der Waals surface area contributed by atoms with E-state index in [1.54, 1.807) is 0 Å². The summed E-state index contributed by atoms with van der Waals surface area (Å²) >= 11 is 6.14. The Labute approximate surface area is 129 Å². The van der Waals surface area contributed by atoms with Gasteiger partial charge in [-0.1, -0.05) is 11.6 Å². The van der Waals surface area contributed by atoms with Crippen LogP contribution in [0.2, 0.25) is 5.02 Å². The summed E-state index contributed by atoms with van der Waals surface area (Å²) in [5.74, 6) is 0.0320. The van der Waals surface area contributed by atoms with Gasteiger partial charge in [-0.3, -0.25) is 4.79 Å². The van der Waals surface area contributed by atoms with Crippen molar-refractivity contribution in [1.29, 1.82) is 0 Å². The van der Waals surface area contributed by atoms with Crippen LogP contribution in [-0.4, -0.2) is 37.7 Å². The lowest BCUT2D eigenvalue weighted by molar-refractivity contribution is -0.124. The van der Waals surface area contributed by atoms with Gasteiger partial charge in [-0.2, -0.15) is 0 Å². The van der Waals surface area contributed by atoms with Crippen molar-refractivity contribution >= 4 is 28.9 Å². The van der Waals surface area contributed by atoms with Gasteiger partial charge in [0.2, 0.25) is 5.91 Å². The number of halogens is 1. The second kappa shape index (κ2) is 5.73. The van der Waals surface area contributed by atoms with Crippen molar-refractivity contribution in [2.75, 3.05) is 30.4 Å². The molecule has 1 heterocycles. The molecule has 6 heteroatoms. The van der Waals surface area contributed by atoms with Gasteiger partial charge in [0.15, 0.2) is 0 Å². The number of carbonyl (C=O) groups is 1. The van der Waals surface area contributed by atoms with Gasteiger partial charge in [0.05, 0.1) is 23.9 Å². The fourth-order valence-electron chi connectivity index (χ4n) is 2.64. The van der Waals surface area contributed by atoms with Crippen LogP contribution in [0.15, 0.2) is 12.1 Å². The van der Waals surface area contributed by atoms with Crippen LogP contribution in [0.3, 0.4) is 0 Å². The standard InChI is InChI=1S/C15H20ClN3O2/c1-9-6-12(17)11(16)7-13(9)19-4-5-21-8-14(19)15(20)18-10-2-3-10/h6-7,10,14H,2-5,8,17H2,1H3,(H,18,20). The molecule has 0 radical (unpaired) electrons. The van der Waals surface area contributed by atoms with Crippen molar-refractivity contribution < 1.29 is 9.53 Å². The SMILES string of the molecule is Cc1cc(N)c(Cl)cc1N1CCOCC1C(=O)NC1CC1. The van der Waals surface area contributed by atoms with Gasteiger partial charge >= 0.3 is 0 Å². The van der Waals surface area contributed by atoms with Crippen LogP contribution >= 0.6 is 11.6 Å². The van der Waals surface area contributed by atoms with E-state index in [2.05, 4.69) is 10.2 Å². The minimum absolute atomic E-state index is 0.0320. The van der Waals surface area contributed by atoms with E-state index in [1.807, 2.05) is 19.1 Å². The monoisotopic (exact) mass is 309 g/mol. The first kappa shape index (κ1) is 14.5. The summed E-state index contributed by atoms with van der Waals surface area (Å²) in [5.41, 5.74) is 8.36. The highest BCUT2D eigenvalue weighted by molar-refractivity contribution is 6.33. The number of amides is 1. The van der Waals surface area contributed by atoms with Crippen LogP contribution in [0.4, 0.5) is 11.4 Å². The van der Waals surface area contributed by atoms with E-state index in [0.717, 1.165) is 24.1 Å². The van der Waals surface area contributed by atoms with Crippen molar-refractivity contribution in [3.8, 4) is 0 Å². The average molecular weight is 310 g/mol. The van der Waals surface area contributed by atoms with E-state index in [0.29, 0.717) is 36.5 Å². The zero-order valence-corrected chi connectivity index (χ0v) is 12.8. The minimum Gasteiger partial charge on any atom is -0.398 e. The Morgan fingerprint density at radius 3 is 2.95 bits per heavy atom. The molecule has 0 bridgehead atoms. The lowest BCUT2D eigenvalue weighted by Crippen LogP contribution is -2.54. The molecule has 1 aliphatic heterocycles. The van der Waals surface area contributed by atoms with Crippen LogP contribution < -0.4 is 16.0 Å². The summed E-state index contributed by atoms with van der Waals surface area (Å²) in [6.07, 6.45) is 2.15. The summed E-state index contributed by atoms with van der Waals surface area (Å²) < 4.78 is 5.49. The van der Waals surface area contributed by atoms with Crippen molar-refractivity contribution in [2.45, 2.75) is 31.8 Å². The number of ether oxygens (including phenoxy) is 1. The highest BCUT2D eigenvalue weighted by Gasteiger charge is 2.34. The predicted molar refractivity (Wildman–Crippen MR) is 83.7 cm³/mol. The number of nitrogens with two attached hydrogens (primary N) is 1. The predicted octanol–water partition coefficient (Wildman–Crippen LogP) is 1.71. The molecule has 1 amide bonds. The van der Waals surface area contributed by atoms with Crippen LogP contribution in [0.5, 0.6) is 0 Å². The van der Waals surface area contributed by atoms with Gasteiger partial charge in [0.1, 0.15) is 6.04 Å². The molecule has 3 rings (SSSR count). The number of nitrogens with zero attached hydrogens (tertiary/aromatic N) is 1. The first-order valence-corrected chi connectivity index (χ1v) is 7.64. The average Bonchev–Trinajstić information content (AvgIpc) is 3.27. The minimum atomic E-state index is -0.308. The van der Waals surface area contributed by atoms with Gasteiger partial charge in [0.25, 0.3) is 0 Å². The molecule has 1 aromatic carbocycles. The molecule has 1 saturated heterocycles. The van der Waals surface area contributed by atoms with Crippen molar-refractivity contribution in [3.63, 3.8) is 0 Å². The van der Waals surface area contributed by atoms with Crippen LogP contribution in [0, 0.1) is 6.92 Å². The van der Waals surface area contributed by atoms with Gasteiger partial charge < -0.3 is 20.7 Å². The number of aryl methyl sites for hydroxylation is 1. The molecule has 1 atom stereocenters. The third-order valence-corrected chi connectivity index (χ3v) is 4.31. The number of morpholine rings is 1. The highest BCUT2D eigenvalue weighted by atomic mass is 35.5. The Hall–Kier alpha value is -1.46. The molecule has 3 N–H and O–H groups in total. The normalized spacial score (nSPS) is 22.2. The maximum atomic E-state index is 12.4. The van der Waals surface area contributed by atoms with Crippen LogP contribution in [0.25, 0.3) is 0 Å². The summed E-state index contributed by atoms with van der Waals surface area (Å²) in [4.78, 5) is 14.5. The lowest BCUT2D eigenvalue weighted by atomic mass is 10.1. The van der Waals surface area contributed by atoms with E-state index in [-0.39, 0.29) is 11.9 Å². The summed E-state index contributed by atoms with van der Waals surface area (Å²) in [7, 11) is 0. The van der Waals surface area contributed by atoms with E-state index in [9.17, 15) is 4.79 Å². The van der Waals surface area contributed by atoms with E-state index >= 15 is 0 Å². The molecule has 2 aliphatic rings. The first-order valence-electron chi connectivity index (χ1n) is 7.26. The maximum Gasteiger partial charge on any atom is 0.245 e. The highest BCUT2D eigenvalue weighted by Crippen LogP contribution is 2.31. The van der Waals surface area contributed by atoms with Crippen molar-refractivity contribution in [2.24, 2.45) is 0 Å². The molecule has 0 aromatic heterocycles. The first-order chi connectivity index (χ1) is 10.1. The van der Waals surface area contributed by atoms with Crippen LogP contribution in [-0.2, 0) is 9.53 Å². The summed E-state index contributed by atoms with van der Waals surface area (Å²) in [6, 6.07) is 3.73. The molecule has 114 valence electrons. The van der Waals surface area contributed by atoms with Crippen molar-refractivity contribution in [1.82, 2.24) is 5.32 Å². The summed E-state index contributed by atoms with van der Waals surface area (Å²) in [5, 5.41) is 3.57. The topological polar surface area (TPSA) is 67.6 Å². The van der Waals surface area contributed by atoms with Gasteiger partial charge in [-0.25, -0.2) is 0 Å². The van der Waals surface area contributed by atoms with Gasteiger partial charge in [-0.05, 0) is 37.5 Å². The lowest BCUT2D eigenvalue weighted by Gasteiger charge is -2.37. The zero-order valence-electron chi connectivity index (χ0n) is 12.1. The fraction of sp³-hybridized carbons (Fsp3) is 0.533. The Balaban J connectivity index is 1.86. The molecule has 21 heavy (non-hydrogen) atoms. The number of anilines is 2. The Kier molecular flexibility index (Phi) is 3.95. The van der Waals surface area contributed by atoms with E-state index in [1.165, 1.54) is 0 Å². The number of rotatable bonds is 3. The fourth-order valence-corrected chi connectivity index (χ4v) is 2.79. The number of hydrogen-bond donors (Lipinski definition) is 2. The molecule has 1 aliphatic carbocycles. The number of hydrogen-bond acceptors (Lipinski definition) is 4. The summed E-state index contributed by atoms with van der Waals surface area (Å²) in [6.45, 7) is 3.66. The molecular weight excluding hydrogens is 290 g/mol. The Morgan fingerprint density at radius 2 is 2.24 bits per heavy atom. The zero-order chi connectivity index (χ0) is 15.0. The second-order valence-corrected chi connectivity index (χ2v) is 6.13. The third kappa shape index (κ3) is 3.09. The van der Waals surface area contributed by atoms with E-state index in [4.69, 9.17) is 22.1 Å². The Bertz CT molecular complexity index is 560. The van der Waals surface area contributed by atoms with Crippen LogP contribution in [0.1, 0.15) is 18.4 Å². The van der Waals surface area contributed by atoms with E-state index < -0.39 is 0 Å². The maximum absolute atomic E-state index is 12.4. The molecule has 5 nitrogen and oxygen atoms in total. The second-order valence-electron chi connectivity index (χ2n) is 5.73. The van der Waals surface area contributed by atoms with Crippen molar-refractivity contribution in [3.05, 3.63) is 22.7 Å². The third-order valence-electron chi connectivity index (χ3n) is 3.98. The largest absolute Gasteiger partial charge is 0.398 e. The quantitative estimate of drug-likeness (QED) is 0.834. The molecular formula is C15H20ClN3O2. The molecule has 1 aromatic rings. The molecule has 1 saturated carbocycles. The number of carbonyl (C=O) groups excluding carboxylic acids is 1. The molecule has 2 fully saturated rings. The number of nitrogens with one attached hydrogen (secondary N) is 1. The van der Waals surface area contributed by atoms with Gasteiger partial charge in [-0.15, -0.1) is 0 Å².